The van der Waals surface area contributed by atoms with Crippen LogP contribution in [0.15, 0.2) is 0 Å². The van der Waals surface area contributed by atoms with Gasteiger partial charge >= 0.3 is 0 Å². The first-order chi connectivity index (χ1) is 9.64. The number of unbranched alkanes of at least 4 members (excludes halogenated alkanes) is 5. The summed E-state index contributed by atoms with van der Waals surface area (Å²) in [5, 5.41) is 0. The summed E-state index contributed by atoms with van der Waals surface area (Å²) in [5.41, 5.74) is 0. The maximum Gasteiger partial charge on any atom is 0.0286 e. The monoisotopic (exact) mass is 346 g/mol. The molecule has 0 heterocycles. The van der Waals surface area contributed by atoms with Gasteiger partial charge in [-0.15, -0.1) is 0 Å². The van der Waals surface area contributed by atoms with Gasteiger partial charge < -0.3 is 0 Å². The van der Waals surface area contributed by atoms with Gasteiger partial charge in [-0.05, 0) is 31.6 Å². The molecule has 0 aliphatic rings. The third-order valence-corrected chi connectivity index (χ3v) is 6.13. The van der Waals surface area contributed by atoms with Gasteiger partial charge in [0.2, 0.25) is 0 Å². The first kappa shape index (κ1) is 20.5. The van der Waals surface area contributed by atoms with E-state index in [4.69, 9.17) is 0 Å². The number of halogens is 1. The van der Waals surface area contributed by atoms with Crippen molar-refractivity contribution in [2.24, 2.45) is 5.92 Å². The van der Waals surface area contributed by atoms with E-state index in [0.717, 1.165) is 5.92 Å². The van der Waals surface area contributed by atoms with Crippen molar-refractivity contribution in [2.45, 2.75) is 115 Å². The maximum absolute atomic E-state index is 4.24. The Bertz CT molecular complexity index is 192. The Hall–Kier alpha value is 0.480. The Labute approximate surface area is 137 Å². The molecule has 0 bridgehead atoms. The second kappa shape index (κ2) is 13.2. The lowest BCUT2D eigenvalue weighted by Crippen LogP contribution is -2.32. The molecular weight excluding hydrogens is 308 g/mol. The lowest BCUT2D eigenvalue weighted by atomic mass is 9.78. The van der Waals surface area contributed by atoms with E-state index in [2.05, 4.69) is 43.6 Å². The van der Waals surface area contributed by atoms with Crippen LogP contribution in [0.1, 0.15) is 111 Å². The molecule has 0 saturated carbocycles. The smallest absolute Gasteiger partial charge is 0.0286 e. The minimum atomic E-state index is 0.432. The van der Waals surface area contributed by atoms with E-state index in [0.29, 0.717) is 4.32 Å². The van der Waals surface area contributed by atoms with Crippen LogP contribution >= 0.6 is 15.9 Å². The minimum absolute atomic E-state index is 0.432. The third-order valence-electron chi connectivity index (χ3n) is 4.69. The second-order valence-electron chi connectivity index (χ2n) is 6.58. The van der Waals surface area contributed by atoms with Crippen molar-refractivity contribution in [3.05, 3.63) is 0 Å². The quantitative estimate of drug-likeness (QED) is 0.221. The number of rotatable bonds is 14. The molecule has 122 valence electrons. The molecule has 0 aliphatic carbocycles. The lowest BCUT2D eigenvalue weighted by molar-refractivity contribution is 0.282. The molecule has 0 aliphatic heterocycles. The Morgan fingerprint density at radius 2 is 1.10 bits per heavy atom. The molecule has 0 aromatic rings. The summed E-state index contributed by atoms with van der Waals surface area (Å²) in [7, 11) is 0. The van der Waals surface area contributed by atoms with E-state index in [-0.39, 0.29) is 0 Å². The number of alkyl halides is 1. The molecule has 0 saturated heterocycles. The average molecular weight is 347 g/mol. The summed E-state index contributed by atoms with van der Waals surface area (Å²) >= 11 is 4.24. The normalized spacial score (nSPS) is 13.7. The summed E-state index contributed by atoms with van der Waals surface area (Å²) in [4.78, 5) is 0. The Morgan fingerprint density at radius 1 is 0.650 bits per heavy atom. The van der Waals surface area contributed by atoms with E-state index in [1.807, 2.05) is 0 Å². The van der Waals surface area contributed by atoms with Crippen LogP contribution in [-0.4, -0.2) is 4.32 Å². The van der Waals surface area contributed by atoms with Crippen LogP contribution in [0.2, 0.25) is 0 Å². The van der Waals surface area contributed by atoms with Gasteiger partial charge in [0.15, 0.2) is 0 Å². The van der Waals surface area contributed by atoms with Gasteiger partial charge in [-0.3, -0.25) is 0 Å². The second-order valence-corrected chi connectivity index (χ2v) is 8.16. The van der Waals surface area contributed by atoms with Gasteiger partial charge in [-0.25, -0.2) is 0 Å². The molecule has 0 nitrogen and oxygen atoms in total. The molecule has 0 N–H and O–H groups in total. The topological polar surface area (TPSA) is 0 Å². The summed E-state index contributed by atoms with van der Waals surface area (Å²) in [6.45, 7) is 9.30. The number of hydrogen-bond acceptors (Lipinski definition) is 0. The molecule has 1 heteroatoms. The summed E-state index contributed by atoms with van der Waals surface area (Å²) < 4.78 is 0.432. The Morgan fingerprint density at radius 3 is 1.55 bits per heavy atom. The van der Waals surface area contributed by atoms with Crippen LogP contribution in [-0.2, 0) is 0 Å². The molecule has 1 atom stereocenters. The van der Waals surface area contributed by atoms with Crippen molar-refractivity contribution in [2.75, 3.05) is 0 Å². The van der Waals surface area contributed by atoms with E-state index < -0.39 is 0 Å². The molecule has 0 amide bonds. The minimum Gasteiger partial charge on any atom is -0.0850 e. The molecular formula is C19H39Br. The van der Waals surface area contributed by atoms with Crippen molar-refractivity contribution < 1.29 is 0 Å². The van der Waals surface area contributed by atoms with Gasteiger partial charge in [0.05, 0.1) is 0 Å². The molecule has 0 spiro atoms. The van der Waals surface area contributed by atoms with Crippen molar-refractivity contribution in [1.82, 2.24) is 0 Å². The van der Waals surface area contributed by atoms with Crippen LogP contribution in [0, 0.1) is 5.92 Å². The van der Waals surface area contributed by atoms with Gasteiger partial charge in [0.25, 0.3) is 0 Å². The first-order valence-electron chi connectivity index (χ1n) is 9.33. The van der Waals surface area contributed by atoms with Gasteiger partial charge in [-0.2, -0.15) is 0 Å². The number of hydrogen-bond donors (Lipinski definition) is 0. The zero-order chi connectivity index (χ0) is 15.3. The highest BCUT2D eigenvalue weighted by Gasteiger charge is 2.34. The van der Waals surface area contributed by atoms with Crippen LogP contribution in [0.3, 0.4) is 0 Å². The lowest BCUT2D eigenvalue weighted by Gasteiger charge is -2.37. The van der Waals surface area contributed by atoms with Gasteiger partial charge in [-0.1, -0.05) is 101 Å². The predicted octanol–water partition coefficient (Wildman–Crippen LogP) is 7.89. The molecule has 0 aromatic heterocycles. The molecule has 0 rings (SSSR count). The molecule has 0 radical (unpaired) electrons. The summed E-state index contributed by atoms with van der Waals surface area (Å²) in [6, 6.07) is 0. The van der Waals surface area contributed by atoms with Gasteiger partial charge in [0, 0.05) is 4.32 Å². The summed E-state index contributed by atoms with van der Waals surface area (Å²) in [5.74, 6) is 0.895. The van der Waals surface area contributed by atoms with Crippen molar-refractivity contribution in [3.8, 4) is 0 Å². The van der Waals surface area contributed by atoms with Crippen molar-refractivity contribution >= 4 is 15.9 Å². The fraction of sp³-hybridized carbons (Fsp3) is 1.00. The van der Waals surface area contributed by atoms with Crippen LogP contribution in [0.5, 0.6) is 0 Å². The Kier molecular flexibility index (Phi) is 13.5. The average Bonchev–Trinajstić information content (AvgIpc) is 2.46. The maximum atomic E-state index is 4.24. The zero-order valence-corrected chi connectivity index (χ0v) is 16.2. The third kappa shape index (κ3) is 8.70. The molecule has 20 heavy (non-hydrogen) atoms. The predicted molar refractivity (Wildman–Crippen MR) is 97.9 cm³/mol. The molecule has 1 unspecified atom stereocenters. The van der Waals surface area contributed by atoms with Gasteiger partial charge in [0.1, 0.15) is 0 Å². The fourth-order valence-corrected chi connectivity index (χ4v) is 4.25. The zero-order valence-electron chi connectivity index (χ0n) is 14.6. The highest BCUT2D eigenvalue weighted by Crippen LogP contribution is 2.43. The standard InChI is InChI=1S/C19H39Br/c1-5-9-13-15-18(14-10-6-2)19(20,16-11-7-3)17-12-8-4/h18H,5-17H2,1-4H3. The van der Waals surface area contributed by atoms with E-state index in [1.165, 1.54) is 83.5 Å². The highest BCUT2D eigenvalue weighted by molar-refractivity contribution is 9.10. The molecule has 0 fully saturated rings. The van der Waals surface area contributed by atoms with Crippen LogP contribution < -0.4 is 0 Å². The van der Waals surface area contributed by atoms with E-state index >= 15 is 0 Å². The Balaban J connectivity index is 4.65. The SMILES string of the molecule is CCCCCC(CCCC)C(Br)(CCCC)CCCC. The van der Waals surface area contributed by atoms with E-state index in [9.17, 15) is 0 Å². The van der Waals surface area contributed by atoms with Crippen molar-refractivity contribution in [1.29, 1.82) is 0 Å². The highest BCUT2D eigenvalue weighted by atomic mass is 79.9. The largest absolute Gasteiger partial charge is 0.0850 e. The first-order valence-corrected chi connectivity index (χ1v) is 10.1. The van der Waals surface area contributed by atoms with Crippen molar-refractivity contribution in [3.63, 3.8) is 0 Å². The van der Waals surface area contributed by atoms with Crippen LogP contribution in [0.25, 0.3) is 0 Å². The molecule has 0 aromatic carbocycles. The fourth-order valence-electron chi connectivity index (χ4n) is 3.23. The summed E-state index contributed by atoms with van der Waals surface area (Å²) in [6.07, 6.45) is 18.0. The van der Waals surface area contributed by atoms with Crippen LogP contribution in [0.4, 0.5) is 0 Å². The van der Waals surface area contributed by atoms with E-state index in [1.54, 1.807) is 0 Å².